The monoisotopic (exact) mass is 296 g/mol. The Morgan fingerprint density at radius 2 is 1.68 bits per heavy atom. The van der Waals surface area contributed by atoms with E-state index in [-0.39, 0.29) is 11.2 Å². The Labute approximate surface area is 131 Å². The van der Waals surface area contributed by atoms with E-state index in [0.717, 1.165) is 18.4 Å². The lowest BCUT2D eigenvalue weighted by Gasteiger charge is -2.41. The van der Waals surface area contributed by atoms with Gasteiger partial charge in [0, 0.05) is 12.0 Å². The third-order valence-electron chi connectivity index (χ3n) is 4.28. The molecule has 3 rings (SSSR count). The Kier molecular flexibility index (Phi) is 5.68. The Morgan fingerprint density at radius 3 is 2.14 bits per heavy atom. The molecule has 0 bridgehead atoms. The third-order valence-corrected chi connectivity index (χ3v) is 4.28. The summed E-state index contributed by atoms with van der Waals surface area (Å²) >= 11 is 0. The van der Waals surface area contributed by atoms with E-state index >= 15 is 0 Å². The van der Waals surface area contributed by atoms with Crippen LogP contribution in [0.4, 0.5) is 4.39 Å². The largest absolute Gasteiger partial charge is 0.330 e. The number of nitrogens with zero attached hydrogens (tertiary/aromatic N) is 1. The predicted molar refractivity (Wildman–Crippen MR) is 86.7 cm³/mol. The van der Waals surface area contributed by atoms with E-state index in [9.17, 15) is 4.39 Å². The van der Waals surface area contributed by atoms with Crippen LogP contribution in [0, 0.1) is 17.1 Å². The lowest BCUT2D eigenvalue weighted by Crippen LogP contribution is -2.41. The summed E-state index contributed by atoms with van der Waals surface area (Å²) in [7, 11) is 0. The summed E-state index contributed by atoms with van der Waals surface area (Å²) in [4.78, 5) is 0. The molecule has 1 saturated carbocycles. The quantitative estimate of drug-likeness (QED) is 0.932. The van der Waals surface area contributed by atoms with E-state index in [0.29, 0.717) is 13.0 Å². The maximum absolute atomic E-state index is 12.7. The lowest BCUT2D eigenvalue weighted by molar-refractivity contribution is 0.253. The molecule has 1 fully saturated rings. The highest BCUT2D eigenvalue weighted by Crippen LogP contribution is 2.42. The Hall–Kier alpha value is -2.18. The van der Waals surface area contributed by atoms with Gasteiger partial charge in [0.1, 0.15) is 5.82 Å². The molecule has 0 unspecified atom stereocenters. The summed E-state index contributed by atoms with van der Waals surface area (Å²) in [6.07, 6.45) is 4.06. The van der Waals surface area contributed by atoms with Gasteiger partial charge in [-0.3, -0.25) is 0 Å². The van der Waals surface area contributed by atoms with Gasteiger partial charge in [-0.2, -0.15) is 5.26 Å². The summed E-state index contributed by atoms with van der Waals surface area (Å²) < 4.78 is 12.7. The molecule has 1 aliphatic rings. The van der Waals surface area contributed by atoms with Crippen LogP contribution in [0.2, 0.25) is 0 Å². The predicted octanol–water partition coefficient (Wildman–Crippen LogP) is 3.96. The molecule has 0 amide bonds. The van der Waals surface area contributed by atoms with Gasteiger partial charge in [-0.15, -0.1) is 0 Å². The smallest absolute Gasteiger partial charge is 0.123 e. The van der Waals surface area contributed by atoms with Crippen LogP contribution in [0.3, 0.4) is 0 Å². The highest BCUT2D eigenvalue weighted by Gasteiger charge is 2.36. The van der Waals surface area contributed by atoms with Gasteiger partial charge in [-0.05, 0) is 36.1 Å². The summed E-state index contributed by atoms with van der Waals surface area (Å²) in [5.74, 6) is -0.171. The van der Waals surface area contributed by atoms with Gasteiger partial charge < -0.3 is 5.73 Å². The summed E-state index contributed by atoms with van der Waals surface area (Å²) in [6.45, 7) is 0.679. The van der Waals surface area contributed by atoms with Crippen LogP contribution in [-0.4, -0.2) is 6.54 Å². The molecule has 0 heterocycles. The summed E-state index contributed by atoms with van der Waals surface area (Å²) in [6, 6.07) is 18.6. The van der Waals surface area contributed by atoms with Crippen molar-refractivity contribution in [2.75, 3.05) is 6.54 Å². The van der Waals surface area contributed by atoms with Gasteiger partial charge in [0.15, 0.2) is 0 Å². The molecule has 1 aliphatic carbocycles. The average Bonchev–Trinajstić information content (AvgIpc) is 2.51. The van der Waals surface area contributed by atoms with Gasteiger partial charge in [0.05, 0.1) is 12.5 Å². The van der Waals surface area contributed by atoms with Crippen LogP contribution in [0.25, 0.3) is 0 Å². The molecular weight excluding hydrogens is 275 g/mol. The Bertz CT molecular complexity index is 605. The Balaban J connectivity index is 0.000000172. The molecule has 3 heteroatoms. The fraction of sp³-hybridized carbons (Fsp3) is 0.316. The van der Waals surface area contributed by atoms with E-state index < -0.39 is 0 Å². The molecule has 0 saturated heterocycles. The number of hydrogen-bond acceptors (Lipinski definition) is 2. The van der Waals surface area contributed by atoms with E-state index in [4.69, 9.17) is 11.0 Å². The van der Waals surface area contributed by atoms with E-state index in [1.165, 1.54) is 24.1 Å². The first-order valence-corrected chi connectivity index (χ1v) is 7.57. The zero-order valence-corrected chi connectivity index (χ0v) is 12.6. The maximum atomic E-state index is 12.7. The second-order valence-electron chi connectivity index (χ2n) is 5.67. The summed E-state index contributed by atoms with van der Waals surface area (Å²) in [5.41, 5.74) is 8.19. The van der Waals surface area contributed by atoms with E-state index in [1.807, 2.05) is 42.5 Å². The number of nitriles is 1. The molecule has 2 N–H and O–H groups in total. The lowest BCUT2D eigenvalue weighted by atomic mass is 9.64. The van der Waals surface area contributed by atoms with Crippen molar-refractivity contribution in [3.8, 4) is 6.07 Å². The fourth-order valence-corrected chi connectivity index (χ4v) is 2.70. The van der Waals surface area contributed by atoms with E-state index in [2.05, 4.69) is 6.07 Å². The van der Waals surface area contributed by atoms with Gasteiger partial charge in [-0.1, -0.05) is 48.9 Å². The maximum Gasteiger partial charge on any atom is 0.123 e. The molecule has 114 valence electrons. The normalized spacial score (nSPS) is 15.0. The molecule has 2 aromatic rings. The van der Waals surface area contributed by atoms with Gasteiger partial charge in [-0.25, -0.2) is 4.39 Å². The van der Waals surface area contributed by atoms with Crippen molar-refractivity contribution in [3.63, 3.8) is 0 Å². The minimum Gasteiger partial charge on any atom is -0.330 e. The van der Waals surface area contributed by atoms with Crippen LogP contribution in [0.5, 0.6) is 0 Å². The van der Waals surface area contributed by atoms with Crippen LogP contribution < -0.4 is 5.73 Å². The van der Waals surface area contributed by atoms with E-state index in [1.54, 1.807) is 0 Å². The fourth-order valence-electron chi connectivity index (χ4n) is 2.70. The first-order chi connectivity index (χ1) is 10.7. The van der Waals surface area contributed by atoms with Crippen molar-refractivity contribution in [2.24, 2.45) is 5.73 Å². The topological polar surface area (TPSA) is 49.8 Å². The number of halogens is 1. The molecule has 22 heavy (non-hydrogen) atoms. The average molecular weight is 296 g/mol. The standard InChI is InChI=1S/C11H14FN.C8H7N/c12-10-4-2-9(3-5-10)11(8-13)6-1-7-11;9-7-6-8-4-2-1-3-5-8/h2-5H,1,6-8,13H2;1-5H,6H2. The number of rotatable bonds is 3. The third kappa shape index (κ3) is 3.93. The second-order valence-corrected chi connectivity index (χ2v) is 5.67. The van der Waals surface area contributed by atoms with Gasteiger partial charge >= 0.3 is 0 Å². The molecule has 0 radical (unpaired) electrons. The van der Waals surface area contributed by atoms with Crippen molar-refractivity contribution in [1.29, 1.82) is 5.26 Å². The number of nitrogens with two attached hydrogens (primary N) is 1. The molecule has 2 aromatic carbocycles. The Morgan fingerprint density at radius 1 is 1.05 bits per heavy atom. The van der Waals surface area contributed by atoms with Crippen molar-refractivity contribution >= 4 is 0 Å². The van der Waals surface area contributed by atoms with Crippen molar-refractivity contribution in [1.82, 2.24) is 0 Å². The first kappa shape index (κ1) is 16.2. The van der Waals surface area contributed by atoms with Crippen molar-refractivity contribution in [2.45, 2.75) is 31.1 Å². The molecule has 0 spiro atoms. The van der Waals surface area contributed by atoms with Gasteiger partial charge in [0.25, 0.3) is 0 Å². The number of benzene rings is 2. The zero-order chi connectivity index (χ0) is 15.8. The zero-order valence-electron chi connectivity index (χ0n) is 12.6. The van der Waals surface area contributed by atoms with Crippen LogP contribution in [-0.2, 0) is 11.8 Å². The van der Waals surface area contributed by atoms with Gasteiger partial charge in [0.2, 0.25) is 0 Å². The van der Waals surface area contributed by atoms with Crippen LogP contribution >= 0.6 is 0 Å². The SMILES string of the molecule is N#CCc1ccccc1.NCC1(c2ccc(F)cc2)CCC1. The summed E-state index contributed by atoms with van der Waals surface area (Å²) in [5, 5.41) is 8.27. The molecule has 0 aliphatic heterocycles. The second kappa shape index (κ2) is 7.72. The highest BCUT2D eigenvalue weighted by molar-refractivity contribution is 5.28. The molecule has 2 nitrogen and oxygen atoms in total. The molecular formula is C19H21FN2. The van der Waals surface area contributed by atoms with Crippen molar-refractivity contribution < 1.29 is 4.39 Å². The molecule has 0 aromatic heterocycles. The highest BCUT2D eigenvalue weighted by atomic mass is 19.1. The van der Waals surface area contributed by atoms with Crippen molar-refractivity contribution in [3.05, 3.63) is 71.5 Å². The van der Waals surface area contributed by atoms with Crippen LogP contribution in [0.1, 0.15) is 30.4 Å². The number of hydrogen-bond donors (Lipinski definition) is 1. The van der Waals surface area contributed by atoms with Crippen LogP contribution in [0.15, 0.2) is 54.6 Å². The minimum absolute atomic E-state index is 0.160. The molecule has 0 atom stereocenters. The first-order valence-electron chi connectivity index (χ1n) is 7.57. The minimum atomic E-state index is -0.171.